The average molecular weight is 580 g/mol. The molecule has 3 heterocycles. The van der Waals surface area contributed by atoms with Crippen LogP contribution in [0.5, 0.6) is 11.5 Å². The number of halogens is 1. The highest BCUT2D eigenvalue weighted by atomic mass is 35.5. The van der Waals surface area contributed by atoms with Crippen LogP contribution in [0.1, 0.15) is 43.0 Å². The SMILES string of the molecule is CC1CCCCN1S(=O)(=O)c1ccc(C(=O)N(CCCN(C)C)c2nc3cc4c(cc3s2)OCO4)cc1.[Cl-]. The molecule has 0 radical (unpaired) electrons. The molecule has 1 amide bonds. The van der Waals surface area contributed by atoms with Gasteiger partial charge in [0, 0.05) is 36.8 Å². The van der Waals surface area contributed by atoms with E-state index < -0.39 is 10.0 Å². The van der Waals surface area contributed by atoms with E-state index in [2.05, 4.69) is 4.90 Å². The maximum absolute atomic E-state index is 13.7. The summed E-state index contributed by atoms with van der Waals surface area (Å²) in [5, 5.41) is 0.585. The summed E-state index contributed by atoms with van der Waals surface area (Å²) in [6, 6.07) is 9.99. The highest BCUT2D eigenvalue weighted by molar-refractivity contribution is 7.89. The smallest absolute Gasteiger partial charge is 0.260 e. The Balaban J connectivity index is 0.00000336. The first kappa shape index (κ1) is 28.6. The number of hydrogen-bond acceptors (Lipinski definition) is 8. The number of ether oxygens (including phenoxy) is 2. The van der Waals surface area contributed by atoms with Crippen molar-refractivity contribution in [3.8, 4) is 11.5 Å². The maximum Gasteiger partial charge on any atom is 0.260 e. The molecule has 0 N–H and O–H groups in total. The van der Waals surface area contributed by atoms with Crippen LogP contribution in [0, 0.1) is 0 Å². The molecule has 2 aromatic carbocycles. The van der Waals surface area contributed by atoms with Crippen LogP contribution < -0.4 is 26.8 Å². The van der Waals surface area contributed by atoms with E-state index in [1.54, 1.807) is 33.5 Å². The number of rotatable bonds is 8. The zero-order valence-corrected chi connectivity index (χ0v) is 24.1. The number of anilines is 1. The summed E-state index contributed by atoms with van der Waals surface area (Å²) in [6.45, 7) is 3.97. The molecule has 9 nitrogen and oxygen atoms in total. The first-order valence-electron chi connectivity index (χ1n) is 12.5. The maximum atomic E-state index is 13.7. The molecule has 12 heteroatoms. The number of carbonyl (C=O) groups is 1. The molecule has 1 saturated heterocycles. The van der Waals surface area contributed by atoms with Gasteiger partial charge >= 0.3 is 0 Å². The number of hydrogen-bond donors (Lipinski definition) is 0. The van der Waals surface area contributed by atoms with Gasteiger partial charge in [0.1, 0.15) is 0 Å². The zero-order valence-electron chi connectivity index (χ0n) is 21.7. The van der Waals surface area contributed by atoms with Gasteiger partial charge in [0.05, 0.1) is 15.1 Å². The van der Waals surface area contributed by atoms with Gasteiger partial charge in [-0.1, -0.05) is 17.8 Å². The molecule has 206 valence electrons. The van der Waals surface area contributed by atoms with Crippen molar-refractivity contribution in [2.24, 2.45) is 0 Å². The van der Waals surface area contributed by atoms with E-state index in [9.17, 15) is 13.2 Å². The molecule has 2 aliphatic rings. The minimum absolute atomic E-state index is 0. The molecule has 0 aliphatic carbocycles. The summed E-state index contributed by atoms with van der Waals surface area (Å²) in [7, 11) is 0.384. The van der Waals surface area contributed by atoms with Crippen molar-refractivity contribution in [2.75, 3.05) is 45.4 Å². The number of sulfonamides is 1. The first-order chi connectivity index (χ1) is 17.7. The monoisotopic (exact) mass is 579 g/mol. The van der Waals surface area contributed by atoms with Gasteiger partial charge in [0.2, 0.25) is 16.8 Å². The fraction of sp³-hybridized carbons (Fsp3) is 0.462. The lowest BCUT2D eigenvalue weighted by Crippen LogP contribution is -3.00. The second kappa shape index (κ2) is 11.7. The summed E-state index contributed by atoms with van der Waals surface area (Å²) >= 11 is 1.42. The van der Waals surface area contributed by atoms with E-state index in [-0.39, 0.29) is 36.0 Å². The van der Waals surface area contributed by atoms with Gasteiger partial charge in [-0.2, -0.15) is 4.31 Å². The summed E-state index contributed by atoms with van der Waals surface area (Å²) in [4.78, 5) is 22.4. The van der Waals surface area contributed by atoms with Crippen molar-refractivity contribution < 1.29 is 35.1 Å². The van der Waals surface area contributed by atoms with Crippen LogP contribution in [0.25, 0.3) is 10.2 Å². The van der Waals surface area contributed by atoms with Crippen LogP contribution in [-0.4, -0.2) is 75.1 Å². The number of thiazole rings is 1. The minimum atomic E-state index is -3.60. The summed E-state index contributed by atoms with van der Waals surface area (Å²) in [5.41, 5.74) is 1.16. The van der Waals surface area contributed by atoms with E-state index in [0.717, 1.165) is 42.4 Å². The average Bonchev–Trinajstić information content (AvgIpc) is 3.50. The summed E-state index contributed by atoms with van der Waals surface area (Å²) in [6.07, 6.45) is 3.53. The fourth-order valence-corrected chi connectivity index (χ4v) is 7.44. The summed E-state index contributed by atoms with van der Waals surface area (Å²) in [5.74, 6) is 1.11. The Morgan fingerprint density at radius 1 is 1.11 bits per heavy atom. The Hall–Kier alpha value is -2.44. The molecule has 1 fully saturated rings. The van der Waals surface area contributed by atoms with Crippen molar-refractivity contribution in [2.45, 2.75) is 43.5 Å². The van der Waals surface area contributed by atoms with Crippen molar-refractivity contribution >= 4 is 42.6 Å². The van der Waals surface area contributed by atoms with Gasteiger partial charge in [0.15, 0.2) is 16.6 Å². The van der Waals surface area contributed by atoms with Gasteiger partial charge in [-0.25, -0.2) is 13.4 Å². The molecule has 3 aromatic rings. The molecule has 1 atom stereocenters. The van der Waals surface area contributed by atoms with Gasteiger partial charge in [0.25, 0.3) is 5.91 Å². The Labute approximate surface area is 233 Å². The minimum Gasteiger partial charge on any atom is -1.00 e. The second-order valence-corrected chi connectivity index (χ2v) is 12.7. The Morgan fingerprint density at radius 3 is 2.50 bits per heavy atom. The van der Waals surface area contributed by atoms with Crippen LogP contribution >= 0.6 is 11.3 Å². The van der Waals surface area contributed by atoms with Gasteiger partial charge < -0.3 is 26.8 Å². The van der Waals surface area contributed by atoms with E-state index in [1.807, 2.05) is 33.2 Å². The topological polar surface area (TPSA) is 92.3 Å². The third-order valence-corrected chi connectivity index (χ3v) is 9.85. The van der Waals surface area contributed by atoms with Crippen LogP contribution in [-0.2, 0) is 10.0 Å². The lowest BCUT2D eigenvalue weighted by Gasteiger charge is -2.32. The molecular weight excluding hydrogens is 548 g/mol. The quantitative estimate of drug-likeness (QED) is 0.396. The number of aromatic nitrogens is 1. The van der Waals surface area contributed by atoms with Crippen LogP contribution in [0.3, 0.4) is 0 Å². The summed E-state index contributed by atoms with van der Waals surface area (Å²) < 4.78 is 39.9. The highest BCUT2D eigenvalue weighted by Crippen LogP contribution is 2.40. The molecular formula is C26H32ClN4O5S2-. The number of nitrogens with zero attached hydrogens (tertiary/aromatic N) is 4. The first-order valence-corrected chi connectivity index (χ1v) is 14.8. The number of amides is 1. The fourth-order valence-electron chi connectivity index (χ4n) is 4.74. The van der Waals surface area contributed by atoms with Gasteiger partial charge in [-0.3, -0.25) is 9.69 Å². The van der Waals surface area contributed by atoms with E-state index in [4.69, 9.17) is 14.5 Å². The van der Waals surface area contributed by atoms with Crippen LogP contribution in [0.4, 0.5) is 5.13 Å². The van der Waals surface area contributed by atoms with Crippen molar-refractivity contribution in [3.63, 3.8) is 0 Å². The predicted octanol–water partition coefficient (Wildman–Crippen LogP) is 1.19. The van der Waals surface area contributed by atoms with Crippen molar-refractivity contribution in [3.05, 3.63) is 42.0 Å². The standard InChI is InChI=1S/C26H32N4O5S2.ClH/c1-18-7-4-5-14-30(18)37(32,33)20-10-8-19(9-11-20)25(31)29(13-6-12-28(2)3)26-27-21-15-22-23(35-17-34-22)16-24(21)36-26;/h8-11,15-16,18H,4-7,12-14,17H2,1-3H3;1H/p-1. The molecule has 2 aliphatic heterocycles. The number of benzene rings is 2. The lowest BCUT2D eigenvalue weighted by molar-refractivity contribution is -0.0000196. The van der Waals surface area contributed by atoms with Crippen molar-refractivity contribution in [1.29, 1.82) is 0 Å². The number of piperidine rings is 1. The van der Waals surface area contributed by atoms with E-state index in [1.165, 1.54) is 11.3 Å². The highest BCUT2D eigenvalue weighted by Gasteiger charge is 2.31. The third-order valence-electron chi connectivity index (χ3n) is 6.78. The van der Waals surface area contributed by atoms with Crippen LogP contribution in [0.15, 0.2) is 41.3 Å². The molecule has 38 heavy (non-hydrogen) atoms. The zero-order chi connectivity index (χ0) is 26.2. The third kappa shape index (κ3) is 5.76. The number of carbonyl (C=O) groups excluding carboxylic acids is 1. The Kier molecular flexibility index (Phi) is 8.83. The molecule has 0 spiro atoms. The molecule has 0 saturated carbocycles. The van der Waals surface area contributed by atoms with E-state index >= 15 is 0 Å². The molecule has 1 unspecified atom stereocenters. The van der Waals surface area contributed by atoms with E-state index in [0.29, 0.717) is 35.3 Å². The van der Waals surface area contributed by atoms with Gasteiger partial charge in [-0.05, 0) is 71.1 Å². The molecule has 5 rings (SSSR count). The van der Waals surface area contributed by atoms with Gasteiger partial charge in [-0.15, -0.1) is 0 Å². The Morgan fingerprint density at radius 2 is 1.82 bits per heavy atom. The normalized spacial score (nSPS) is 17.5. The largest absolute Gasteiger partial charge is 1.00 e. The van der Waals surface area contributed by atoms with Crippen LogP contribution in [0.2, 0.25) is 0 Å². The number of fused-ring (bicyclic) bond motifs is 2. The molecule has 1 aromatic heterocycles. The lowest BCUT2D eigenvalue weighted by atomic mass is 10.1. The molecule has 0 bridgehead atoms. The Bertz CT molecular complexity index is 1350. The second-order valence-electron chi connectivity index (χ2n) is 9.77. The van der Waals surface area contributed by atoms with Crippen molar-refractivity contribution in [1.82, 2.24) is 14.2 Å². The predicted molar refractivity (Wildman–Crippen MR) is 144 cm³/mol.